The molecule has 6 heteroatoms. The lowest BCUT2D eigenvalue weighted by Crippen LogP contribution is -1.93. The molecule has 1 aromatic heterocycles. The molecular formula is C10H9ClN4S. The highest BCUT2D eigenvalue weighted by Crippen LogP contribution is 2.08. The SMILES string of the molecule is Cc1n[nH]c(=S)n1N=Cc1ccc(Cl)cc1. The Morgan fingerprint density at radius 3 is 2.69 bits per heavy atom. The van der Waals surface area contributed by atoms with Gasteiger partial charge in [0.25, 0.3) is 0 Å². The number of hydrogen-bond acceptors (Lipinski definition) is 3. The van der Waals surface area contributed by atoms with E-state index in [-0.39, 0.29) is 0 Å². The maximum absolute atomic E-state index is 5.78. The van der Waals surface area contributed by atoms with Crippen LogP contribution in [0.3, 0.4) is 0 Å². The average Bonchev–Trinajstić information content (AvgIpc) is 2.59. The standard InChI is InChI=1S/C10H9ClN4S/c1-7-13-14-10(16)15(7)12-6-8-2-4-9(11)5-3-8/h2-6H,1H3,(H,14,16). The zero-order valence-corrected chi connectivity index (χ0v) is 10.1. The Kier molecular flexibility index (Phi) is 3.17. The lowest BCUT2D eigenvalue weighted by Gasteiger charge is -1.95. The fourth-order valence-corrected chi connectivity index (χ4v) is 1.53. The number of aryl methyl sites for hydroxylation is 1. The summed E-state index contributed by atoms with van der Waals surface area (Å²) in [5.74, 6) is 0.718. The maximum atomic E-state index is 5.78. The van der Waals surface area contributed by atoms with E-state index >= 15 is 0 Å². The summed E-state index contributed by atoms with van der Waals surface area (Å²) in [5.41, 5.74) is 0.951. The molecule has 0 saturated carbocycles. The van der Waals surface area contributed by atoms with Gasteiger partial charge < -0.3 is 0 Å². The molecule has 0 bridgehead atoms. The predicted molar refractivity (Wildman–Crippen MR) is 66.6 cm³/mol. The van der Waals surface area contributed by atoms with Crippen LogP contribution in [0.4, 0.5) is 0 Å². The number of nitrogens with one attached hydrogen (secondary N) is 1. The van der Waals surface area contributed by atoms with Crippen molar-refractivity contribution in [2.24, 2.45) is 5.10 Å². The first-order chi connectivity index (χ1) is 7.66. The van der Waals surface area contributed by atoms with E-state index in [0.717, 1.165) is 11.4 Å². The Morgan fingerprint density at radius 2 is 2.12 bits per heavy atom. The minimum absolute atomic E-state index is 0.475. The fourth-order valence-electron chi connectivity index (χ4n) is 1.18. The Morgan fingerprint density at radius 1 is 1.44 bits per heavy atom. The molecule has 0 aliphatic heterocycles. The van der Waals surface area contributed by atoms with E-state index in [4.69, 9.17) is 23.8 Å². The monoisotopic (exact) mass is 252 g/mol. The largest absolute Gasteiger partial charge is 0.250 e. The first-order valence-electron chi connectivity index (χ1n) is 4.61. The van der Waals surface area contributed by atoms with Crippen LogP contribution in [0.15, 0.2) is 29.4 Å². The molecule has 0 aliphatic carbocycles. The van der Waals surface area contributed by atoms with E-state index in [1.54, 1.807) is 10.9 Å². The minimum Gasteiger partial charge on any atom is -0.250 e. The Bertz CT molecular complexity index is 567. The van der Waals surface area contributed by atoms with Gasteiger partial charge in [0.05, 0.1) is 6.21 Å². The molecule has 4 nitrogen and oxygen atoms in total. The van der Waals surface area contributed by atoms with Crippen LogP contribution in [-0.4, -0.2) is 21.1 Å². The van der Waals surface area contributed by atoms with Crippen molar-refractivity contribution in [3.63, 3.8) is 0 Å². The van der Waals surface area contributed by atoms with E-state index in [1.165, 1.54) is 0 Å². The molecule has 2 aromatic rings. The second-order valence-electron chi connectivity index (χ2n) is 3.18. The van der Waals surface area contributed by atoms with Gasteiger partial charge in [0.2, 0.25) is 4.77 Å². The second kappa shape index (κ2) is 4.59. The Labute approximate surface area is 103 Å². The topological polar surface area (TPSA) is 46.0 Å². The van der Waals surface area contributed by atoms with Gasteiger partial charge in [0, 0.05) is 5.02 Å². The van der Waals surface area contributed by atoms with Crippen molar-refractivity contribution < 1.29 is 0 Å². The number of rotatable bonds is 2. The molecule has 1 N–H and O–H groups in total. The third-order valence-corrected chi connectivity index (χ3v) is 2.52. The van der Waals surface area contributed by atoms with Crippen LogP contribution in [0.25, 0.3) is 0 Å². The van der Waals surface area contributed by atoms with Gasteiger partial charge in [-0.1, -0.05) is 23.7 Å². The third kappa shape index (κ3) is 2.37. The van der Waals surface area contributed by atoms with Gasteiger partial charge in [-0.25, -0.2) is 0 Å². The molecule has 82 valence electrons. The quantitative estimate of drug-likeness (QED) is 0.660. The number of aromatic amines is 1. The van der Waals surface area contributed by atoms with E-state index in [0.29, 0.717) is 9.79 Å². The fraction of sp³-hybridized carbons (Fsp3) is 0.100. The molecule has 0 unspecified atom stereocenters. The summed E-state index contributed by atoms with van der Waals surface area (Å²) < 4.78 is 2.03. The van der Waals surface area contributed by atoms with E-state index in [9.17, 15) is 0 Å². The van der Waals surface area contributed by atoms with Crippen molar-refractivity contribution in [3.8, 4) is 0 Å². The van der Waals surface area contributed by atoms with Crippen LogP contribution in [-0.2, 0) is 0 Å². The van der Waals surface area contributed by atoms with Crippen LogP contribution in [0.5, 0.6) is 0 Å². The molecule has 1 aromatic carbocycles. The molecule has 0 fully saturated rings. The molecule has 0 amide bonds. The Balaban J connectivity index is 2.28. The summed E-state index contributed by atoms with van der Waals surface area (Å²) in [6, 6.07) is 7.38. The van der Waals surface area contributed by atoms with Crippen molar-refractivity contribution in [2.75, 3.05) is 0 Å². The summed E-state index contributed by atoms with van der Waals surface area (Å²) in [6.45, 7) is 1.82. The molecule has 16 heavy (non-hydrogen) atoms. The number of aromatic nitrogens is 3. The highest BCUT2D eigenvalue weighted by molar-refractivity contribution is 7.71. The highest BCUT2D eigenvalue weighted by Gasteiger charge is 1.96. The number of halogens is 1. The van der Waals surface area contributed by atoms with Crippen molar-refractivity contribution in [1.82, 2.24) is 14.9 Å². The van der Waals surface area contributed by atoms with Crippen molar-refractivity contribution in [2.45, 2.75) is 6.92 Å². The lowest BCUT2D eigenvalue weighted by molar-refractivity contribution is 0.821. The zero-order chi connectivity index (χ0) is 11.5. The molecule has 0 atom stereocenters. The van der Waals surface area contributed by atoms with Gasteiger partial charge in [-0.2, -0.15) is 14.9 Å². The number of hydrogen-bond donors (Lipinski definition) is 1. The molecule has 0 saturated heterocycles. The number of nitrogens with zero attached hydrogens (tertiary/aromatic N) is 3. The van der Waals surface area contributed by atoms with Crippen molar-refractivity contribution in [1.29, 1.82) is 0 Å². The maximum Gasteiger partial charge on any atom is 0.216 e. The summed E-state index contributed by atoms with van der Waals surface area (Å²) >= 11 is 10.8. The van der Waals surface area contributed by atoms with Crippen LogP contribution in [0.2, 0.25) is 5.02 Å². The van der Waals surface area contributed by atoms with Gasteiger partial charge in [0.15, 0.2) is 0 Å². The average molecular weight is 253 g/mol. The van der Waals surface area contributed by atoms with E-state index < -0.39 is 0 Å². The van der Waals surface area contributed by atoms with Gasteiger partial charge >= 0.3 is 0 Å². The normalized spacial score (nSPS) is 11.1. The summed E-state index contributed by atoms with van der Waals surface area (Å²) in [7, 11) is 0. The number of H-pyrrole nitrogens is 1. The van der Waals surface area contributed by atoms with Crippen LogP contribution in [0.1, 0.15) is 11.4 Å². The number of benzene rings is 1. The molecule has 0 radical (unpaired) electrons. The molecule has 1 heterocycles. The van der Waals surface area contributed by atoms with Crippen LogP contribution in [0, 0.1) is 11.7 Å². The lowest BCUT2D eigenvalue weighted by atomic mass is 10.2. The minimum atomic E-state index is 0.475. The molecule has 0 aliphatic rings. The Hall–Kier alpha value is -1.46. The molecule has 2 rings (SSSR count). The van der Waals surface area contributed by atoms with Gasteiger partial charge in [-0.3, -0.25) is 5.10 Å². The second-order valence-corrected chi connectivity index (χ2v) is 4.01. The van der Waals surface area contributed by atoms with Gasteiger partial charge in [-0.05, 0) is 36.8 Å². The summed E-state index contributed by atoms with van der Waals surface area (Å²) in [4.78, 5) is 0. The highest BCUT2D eigenvalue weighted by atomic mass is 35.5. The molecule has 0 spiro atoms. The van der Waals surface area contributed by atoms with E-state index in [1.807, 2.05) is 31.2 Å². The van der Waals surface area contributed by atoms with Gasteiger partial charge in [-0.15, -0.1) is 0 Å². The van der Waals surface area contributed by atoms with Crippen molar-refractivity contribution >= 4 is 30.0 Å². The van der Waals surface area contributed by atoms with Gasteiger partial charge in [0.1, 0.15) is 5.82 Å². The van der Waals surface area contributed by atoms with Crippen molar-refractivity contribution in [3.05, 3.63) is 45.4 Å². The molecular weight excluding hydrogens is 244 g/mol. The predicted octanol–water partition coefficient (Wildman–Crippen LogP) is 2.78. The van der Waals surface area contributed by atoms with Crippen LogP contribution >= 0.6 is 23.8 Å². The van der Waals surface area contributed by atoms with Crippen LogP contribution < -0.4 is 0 Å². The summed E-state index contributed by atoms with van der Waals surface area (Å²) in [6.07, 6.45) is 1.70. The first-order valence-corrected chi connectivity index (χ1v) is 5.39. The van der Waals surface area contributed by atoms with E-state index in [2.05, 4.69) is 15.3 Å². The smallest absolute Gasteiger partial charge is 0.216 e. The first kappa shape index (κ1) is 11.0. The summed E-state index contributed by atoms with van der Waals surface area (Å²) in [5, 5.41) is 11.5. The third-order valence-electron chi connectivity index (χ3n) is 2.00. The zero-order valence-electron chi connectivity index (χ0n) is 8.51.